The molecular weight excluding hydrogens is 345 g/mol. The van der Waals surface area contributed by atoms with E-state index in [9.17, 15) is 0 Å². The highest BCUT2D eigenvalue weighted by Crippen LogP contribution is 2.29. The van der Waals surface area contributed by atoms with Crippen molar-refractivity contribution in [2.45, 2.75) is 19.4 Å². The van der Waals surface area contributed by atoms with Crippen molar-refractivity contribution in [3.63, 3.8) is 0 Å². The van der Waals surface area contributed by atoms with Crippen molar-refractivity contribution >= 4 is 39.1 Å². The quantitative estimate of drug-likeness (QED) is 0.790. The molecule has 0 saturated heterocycles. The predicted molar refractivity (Wildman–Crippen MR) is 86.0 cm³/mol. The summed E-state index contributed by atoms with van der Waals surface area (Å²) in [6, 6.07) is 11.6. The van der Waals surface area contributed by atoms with E-state index < -0.39 is 0 Å². The molecule has 1 atom stereocenters. The zero-order valence-corrected chi connectivity index (χ0v) is 13.6. The zero-order valence-electron chi connectivity index (χ0n) is 10.5. The second-order valence-corrected chi connectivity index (χ2v) is 6.23. The van der Waals surface area contributed by atoms with Crippen LogP contribution in [0.15, 0.2) is 40.9 Å². The van der Waals surface area contributed by atoms with Gasteiger partial charge in [-0.15, -0.1) is 0 Å². The number of aryl methyl sites for hydroxylation is 1. The summed E-state index contributed by atoms with van der Waals surface area (Å²) in [6.45, 7) is 1.98. The first-order valence-electron chi connectivity index (χ1n) is 5.93. The van der Waals surface area contributed by atoms with E-state index in [1.807, 2.05) is 43.3 Å². The third-order valence-electron chi connectivity index (χ3n) is 3.08. The predicted octanol–water partition coefficient (Wildman–Crippen LogP) is 5.31. The fourth-order valence-electron chi connectivity index (χ4n) is 1.99. The Bertz CT molecular complexity index is 599. The molecule has 0 spiro atoms. The van der Waals surface area contributed by atoms with E-state index in [1.165, 1.54) is 0 Å². The first-order chi connectivity index (χ1) is 8.99. The third kappa shape index (κ3) is 3.51. The van der Waals surface area contributed by atoms with Crippen LogP contribution >= 0.6 is 39.1 Å². The van der Waals surface area contributed by atoms with Crippen LogP contribution in [0.4, 0.5) is 0 Å². The molecule has 0 aliphatic rings. The molecule has 2 N–H and O–H groups in total. The lowest BCUT2D eigenvalue weighted by atomic mass is 9.98. The summed E-state index contributed by atoms with van der Waals surface area (Å²) in [5, 5.41) is 1.46. The van der Waals surface area contributed by atoms with Crippen molar-refractivity contribution in [1.82, 2.24) is 0 Å². The summed E-state index contributed by atoms with van der Waals surface area (Å²) < 4.78 is 0.961. The van der Waals surface area contributed by atoms with Crippen molar-refractivity contribution < 1.29 is 0 Å². The van der Waals surface area contributed by atoms with Gasteiger partial charge in [-0.25, -0.2) is 0 Å². The lowest BCUT2D eigenvalue weighted by Gasteiger charge is -2.16. The highest BCUT2D eigenvalue weighted by atomic mass is 79.9. The van der Waals surface area contributed by atoms with E-state index in [0.29, 0.717) is 11.4 Å². The van der Waals surface area contributed by atoms with E-state index in [-0.39, 0.29) is 6.04 Å². The van der Waals surface area contributed by atoms with Crippen molar-refractivity contribution in [1.29, 1.82) is 0 Å². The van der Waals surface area contributed by atoms with Crippen LogP contribution in [-0.2, 0) is 6.42 Å². The molecule has 19 heavy (non-hydrogen) atoms. The van der Waals surface area contributed by atoms with Gasteiger partial charge in [0.25, 0.3) is 0 Å². The molecule has 4 heteroatoms. The van der Waals surface area contributed by atoms with Crippen LogP contribution in [-0.4, -0.2) is 0 Å². The average Bonchev–Trinajstić information content (AvgIpc) is 2.36. The summed E-state index contributed by atoms with van der Waals surface area (Å²) in [6.07, 6.45) is 0.662. The highest BCUT2D eigenvalue weighted by molar-refractivity contribution is 9.10. The maximum Gasteiger partial charge on any atom is 0.0483 e. The Hall–Kier alpha value is -0.540. The maximum atomic E-state index is 6.30. The zero-order chi connectivity index (χ0) is 14.0. The third-order valence-corrected chi connectivity index (χ3v) is 4.44. The van der Waals surface area contributed by atoms with E-state index >= 15 is 0 Å². The summed E-state index contributed by atoms with van der Waals surface area (Å²) in [5.41, 5.74) is 9.27. The molecule has 1 nitrogen and oxygen atoms in total. The van der Waals surface area contributed by atoms with Gasteiger partial charge < -0.3 is 5.73 Å². The lowest BCUT2D eigenvalue weighted by Crippen LogP contribution is -2.14. The first kappa shape index (κ1) is 14.9. The smallest absolute Gasteiger partial charge is 0.0483 e. The summed E-state index contributed by atoms with van der Waals surface area (Å²) in [7, 11) is 0. The molecule has 0 aliphatic heterocycles. The van der Waals surface area contributed by atoms with Gasteiger partial charge in [0.1, 0.15) is 0 Å². The Balaban J connectivity index is 2.25. The topological polar surface area (TPSA) is 26.0 Å². The van der Waals surface area contributed by atoms with Crippen LogP contribution in [0.1, 0.15) is 22.7 Å². The monoisotopic (exact) mass is 357 g/mol. The van der Waals surface area contributed by atoms with Crippen molar-refractivity contribution in [3.05, 3.63) is 67.6 Å². The van der Waals surface area contributed by atoms with Gasteiger partial charge in [-0.3, -0.25) is 0 Å². The van der Waals surface area contributed by atoms with Crippen LogP contribution in [0.2, 0.25) is 10.0 Å². The molecule has 0 amide bonds. The van der Waals surface area contributed by atoms with Gasteiger partial charge in [0.15, 0.2) is 0 Å². The van der Waals surface area contributed by atoms with Crippen LogP contribution in [0, 0.1) is 6.92 Å². The summed E-state index contributed by atoms with van der Waals surface area (Å²) in [4.78, 5) is 0. The molecule has 0 aliphatic carbocycles. The molecule has 1 unspecified atom stereocenters. The van der Waals surface area contributed by atoms with Gasteiger partial charge in [-0.2, -0.15) is 0 Å². The Kier molecular flexibility index (Phi) is 4.91. The maximum absolute atomic E-state index is 6.30. The lowest BCUT2D eigenvalue weighted by molar-refractivity contribution is 0.721. The fourth-order valence-corrected chi connectivity index (χ4v) is 3.01. The highest BCUT2D eigenvalue weighted by Gasteiger charge is 2.13. The minimum atomic E-state index is -0.161. The SMILES string of the molecule is Cc1cccc(C(N)Cc2ccc(Br)cc2Cl)c1Cl. The molecule has 0 fully saturated rings. The van der Waals surface area contributed by atoms with Crippen LogP contribution in [0.25, 0.3) is 0 Å². The number of hydrogen-bond donors (Lipinski definition) is 1. The van der Waals surface area contributed by atoms with Crippen molar-refractivity contribution in [3.8, 4) is 0 Å². The number of rotatable bonds is 3. The second kappa shape index (κ2) is 6.27. The molecule has 100 valence electrons. The van der Waals surface area contributed by atoms with Gasteiger partial charge in [-0.05, 0) is 42.2 Å². The van der Waals surface area contributed by atoms with Crippen LogP contribution in [0.5, 0.6) is 0 Å². The number of nitrogens with two attached hydrogens (primary N) is 1. The van der Waals surface area contributed by atoms with E-state index in [0.717, 1.165) is 26.2 Å². The minimum absolute atomic E-state index is 0.161. The normalized spacial score (nSPS) is 12.5. The van der Waals surface area contributed by atoms with Crippen molar-refractivity contribution in [2.75, 3.05) is 0 Å². The molecular formula is C15H14BrCl2N. The van der Waals surface area contributed by atoms with Crippen LogP contribution < -0.4 is 5.73 Å². The van der Waals surface area contributed by atoms with E-state index in [1.54, 1.807) is 0 Å². The van der Waals surface area contributed by atoms with Gasteiger partial charge >= 0.3 is 0 Å². The molecule has 0 aromatic heterocycles. The van der Waals surface area contributed by atoms with E-state index in [2.05, 4.69) is 15.9 Å². The van der Waals surface area contributed by atoms with Gasteiger partial charge in [0.2, 0.25) is 0 Å². The largest absolute Gasteiger partial charge is 0.324 e. The van der Waals surface area contributed by atoms with Gasteiger partial charge in [0.05, 0.1) is 0 Å². The molecule has 2 rings (SSSR count). The molecule has 2 aromatic carbocycles. The average molecular weight is 359 g/mol. The second-order valence-electron chi connectivity index (χ2n) is 4.52. The molecule has 0 heterocycles. The Morgan fingerprint density at radius 2 is 1.95 bits per heavy atom. The van der Waals surface area contributed by atoms with Crippen molar-refractivity contribution in [2.24, 2.45) is 5.73 Å². The van der Waals surface area contributed by atoms with Gasteiger partial charge in [0, 0.05) is 20.6 Å². The number of hydrogen-bond acceptors (Lipinski definition) is 1. The molecule has 0 bridgehead atoms. The standard InChI is InChI=1S/C15H14BrCl2N/c1-9-3-2-4-12(15(9)18)14(19)7-10-5-6-11(16)8-13(10)17/h2-6,8,14H,7,19H2,1H3. The Labute approximate surface area is 131 Å². The summed E-state index contributed by atoms with van der Waals surface area (Å²) >= 11 is 15.9. The molecule has 0 saturated carbocycles. The molecule has 2 aromatic rings. The molecule has 0 radical (unpaired) electrons. The minimum Gasteiger partial charge on any atom is -0.324 e. The van der Waals surface area contributed by atoms with Crippen LogP contribution in [0.3, 0.4) is 0 Å². The summed E-state index contributed by atoms with van der Waals surface area (Å²) in [5.74, 6) is 0. The fraction of sp³-hybridized carbons (Fsp3) is 0.200. The number of halogens is 3. The number of benzene rings is 2. The van der Waals surface area contributed by atoms with E-state index in [4.69, 9.17) is 28.9 Å². The Morgan fingerprint density at radius 1 is 1.21 bits per heavy atom. The Morgan fingerprint density at radius 3 is 2.63 bits per heavy atom. The first-order valence-corrected chi connectivity index (χ1v) is 7.48. The van der Waals surface area contributed by atoms with Gasteiger partial charge in [-0.1, -0.05) is 63.4 Å².